The van der Waals surface area contributed by atoms with Gasteiger partial charge in [-0.3, -0.25) is 10.1 Å². The number of fused-ring (bicyclic) bond motifs is 1. The summed E-state index contributed by atoms with van der Waals surface area (Å²) >= 11 is 1.36. The zero-order chi connectivity index (χ0) is 15.9. The Labute approximate surface area is 132 Å². The van der Waals surface area contributed by atoms with Gasteiger partial charge in [0.25, 0.3) is 5.91 Å². The minimum Gasteiger partial charge on any atom is -0.468 e. The molecule has 2 heterocycles. The summed E-state index contributed by atoms with van der Waals surface area (Å²) in [4.78, 5) is 12.4. The molecule has 0 bridgehead atoms. The molecule has 118 valence electrons. The second-order valence-corrected chi connectivity index (χ2v) is 7.49. The minimum absolute atomic E-state index is 0.106. The first-order chi connectivity index (χ1) is 10.4. The summed E-state index contributed by atoms with van der Waals surface area (Å²) < 4.78 is 5.42. The van der Waals surface area contributed by atoms with Crippen LogP contribution in [0.15, 0.2) is 10.7 Å². The number of carbonyl (C=O) groups excluding carboxylic acids is 1. The van der Waals surface area contributed by atoms with Gasteiger partial charge in [0.15, 0.2) is 0 Å². The van der Waals surface area contributed by atoms with Crippen LogP contribution in [0.25, 0.3) is 0 Å². The summed E-state index contributed by atoms with van der Waals surface area (Å²) in [5.74, 6) is 0.388. The standard InChI is InChI=1S/C15H19N3O3S/c1-15(2,3)13-17-18-14(22-13)16-12(20)8-7-21-10-6-4-5-9(19)11(8)10/h7,9,19H,4-6H2,1-3H3,(H,16,18,20). The van der Waals surface area contributed by atoms with E-state index in [9.17, 15) is 9.90 Å². The first-order valence-electron chi connectivity index (χ1n) is 7.30. The molecular formula is C15H19N3O3S. The van der Waals surface area contributed by atoms with Crippen LogP contribution >= 0.6 is 11.3 Å². The number of aromatic nitrogens is 2. The van der Waals surface area contributed by atoms with Gasteiger partial charge < -0.3 is 9.52 Å². The van der Waals surface area contributed by atoms with Gasteiger partial charge in [-0.1, -0.05) is 32.1 Å². The smallest absolute Gasteiger partial charge is 0.261 e. The highest BCUT2D eigenvalue weighted by Gasteiger charge is 2.29. The average Bonchev–Trinajstić information content (AvgIpc) is 3.05. The summed E-state index contributed by atoms with van der Waals surface area (Å²) in [6.07, 6.45) is 3.06. The predicted octanol–water partition coefficient (Wildman–Crippen LogP) is 3.05. The second-order valence-electron chi connectivity index (χ2n) is 6.51. The number of furan rings is 1. The van der Waals surface area contributed by atoms with Crippen molar-refractivity contribution in [3.8, 4) is 0 Å². The highest BCUT2D eigenvalue weighted by Crippen LogP contribution is 2.34. The monoisotopic (exact) mass is 321 g/mol. The molecule has 6 nitrogen and oxygen atoms in total. The van der Waals surface area contributed by atoms with E-state index in [0.29, 0.717) is 28.4 Å². The van der Waals surface area contributed by atoms with Crippen molar-refractivity contribution in [1.29, 1.82) is 0 Å². The molecule has 3 rings (SSSR count). The Morgan fingerprint density at radius 3 is 2.91 bits per heavy atom. The molecule has 0 radical (unpaired) electrons. The molecule has 0 aromatic carbocycles. The molecule has 1 amide bonds. The number of carbonyl (C=O) groups is 1. The molecule has 2 N–H and O–H groups in total. The van der Waals surface area contributed by atoms with E-state index in [2.05, 4.69) is 15.5 Å². The van der Waals surface area contributed by atoms with Crippen molar-refractivity contribution in [2.45, 2.75) is 51.6 Å². The van der Waals surface area contributed by atoms with Crippen LogP contribution in [-0.4, -0.2) is 21.2 Å². The fourth-order valence-electron chi connectivity index (χ4n) is 2.48. The SMILES string of the molecule is CC(C)(C)c1nnc(NC(=O)c2coc3c2C(O)CCC3)s1. The van der Waals surface area contributed by atoms with Crippen LogP contribution in [0.5, 0.6) is 0 Å². The average molecular weight is 321 g/mol. The molecule has 1 atom stereocenters. The maximum absolute atomic E-state index is 12.4. The lowest BCUT2D eigenvalue weighted by Crippen LogP contribution is -2.16. The Bertz CT molecular complexity index is 699. The molecular weight excluding hydrogens is 302 g/mol. The van der Waals surface area contributed by atoms with Crippen molar-refractivity contribution < 1.29 is 14.3 Å². The van der Waals surface area contributed by atoms with E-state index >= 15 is 0 Å². The predicted molar refractivity (Wildman–Crippen MR) is 83.2 cm³/mol. The van der Waals surface area contributed by atoms with Gasteiger partial charge in [-0.25, -0.2) is 0 Å². The number of anilines is 1. The summed E-state index contributed by atoms with van der Waals surface area (Å²) in [5.41, 5.74) is 0.894. The number of aliphatic hydroxyl groups excluding tert-OH is 1. The first-order valence-corrected chi connectivity index (χ1v) is 8.11. The van der Waals surface area contributed by atoms with E-state index in [1.54, 1.807) is 0 Å². The molecule has 0 fully saturated rings. The lowest BCUT2D eigenvalue weighted by molar-refractivity contribution is 0.101. The van der Waals surface area contributed by atoms with Crippen LogP contribution in [0, 0.1) is 0 Å². The molecule has 1 aliphatic carbocycles. The number of nitrogens with one attached hydrogen (secondary N) is 1. The second kappa shape index (κ2) is 5.48. The van der Waals surface area contributed by atoms with Crippen molar-refractivity contribution in [2.75, 3.05) is 5.32 Å². The van der Waals surface area contributed by atoms with Gasteiger partial charge >= 0.3 is 0 Å². The third-order valence-electron chi connectivity index (χ3n) is 3.66. The molecule has 2 aromatic rings. The van der Waals surface area contributed by atoms with Crippen LogP contribution in [-0.2, 0) is 11.8 Å². The normalized spacial score (nSPS) is 18.1. The van der Waals surface area contributed by atoms with Gasteiger partial charge in [-0.05, 0) is 12.8 Å². The minimum atomic E-state index is -0.636. The summed E-state index contributed by atoms with van der Waals surface area (Å²) in [5, 5.41) is 22.3. The number of hydrogen-bond donors (Lipinski definition) is 2. The van der Waals surface area contributed by atoms with Gasteiger partial charge in [-0.2, -0.15) is 0 Å². The lowest BCUT2D eigenvalue weighted by atomic mass is 9.92. The van der Waals surface area contributed by atoms with Crippen LogP contribution in [0.3, 0.4) is 0 Å². The lowest BCUT2D eigenvalue weighted by Gasteiger charge is -2.17. The summed E-state index contributed by atoms with van der Waals surface area (Å²) in [6.45, 7) is 6.13. The molecule has 1 unspecified atom stereocenters. The Kier molecular flexibility index (Phi) is 3.78. The highest BCUT2D eigenvalue weighted by atomic mass is 32.1. The number of aliphatic hydroxyl groups is 1. The Morgan fingerprint density at radius 2 is 2.23 bits per heavy atom. The van der Waals surface area contributed by atoms with Gasteiger partial charge in [0.2, 0.25) is 5.13 Å². The Hall–Kier alpha value is -1.73. The maximum atomic E-state index is 12.4. The molecule has 0 saturated carbocycles. The zero-order valence-corrected chi connectivity index (χ0v) is 13.7. The summed E-state index contributed by atoms with van der Waals surface area (Å²) in [7, 11) is 0. The fraction of sp³-hybridized carbons (Fsp3) is 0.533. The third-order valence-corrected chi connectivity index (χ3v) is 4.92. The van der Waals surface area contributed by atoms with E-state index in [1.165, 1.54) is 17.6 Å². The largest absolute Gasteiger partial charge is 0.468 e. The van der Waals surface area contributed by atoms with Crippen LogP contribution < -0.4 is 5.32 Å². The number of aryl methyl sites for hydroxylation is 1. The van der Waals surface area contributed by atoms with Crippen molar-refractivity contribution in [2.24, 2.45) is 0 Å². The Balaban J connectivity index is 1.81. The van der Waals surface area contributed by atoms with Crippen LogP contribution in [0.4, 0.5) is 5.13 Å². The zero-order valence-electron chi connectivity index (χ0n) is 12.8. The van der Waals surface area contributed by atoms with Crippen molar-refractivity contribution in [1.82, 2.24) is 10.2 Å². The number of hydrogen-bond acceptors (Lipinski definition) is 6. The van der Waals surface area contributed by atoms with Gasteiger partial charge in [0, 0.05) is 17.4 Å². The summed E-state index contributed by atoms with van der Waals surface area (Å²) in [6, 6.07) is 0. The van der Waals surface area contributed by atoms with Crippen LogP contribution in [0.1, 0.15) is 66.4 Å². The third kappa shape index (κ3) is 2.78. The van der Waals surface area contributed by atoms with Crippen molar-refractivity contribution in [3.63, 3.8) is 0 Å². The van der Waals surface area contributed by atoms with Gasteiger partial charge in [0.1, 0.15) is 17.0 Å². The van der Waals surface area contributed by atoms with Crippen LogP contribution in [0.2, 0.25) is 0 Å². The van der Waals surface area contributed by atoms with Crippen molar-refractivity contribution >= 4 is 22.4 Å². The fourth-order valence-corrected chi connectivity index (χ4v) is 3.28. The molecule has 0 aliphatic heterocycles. The molecule has 7 heteroatoms. The number of amides is 1. The molecule has 0 spiro atoms. The Morgan fingerprint density at radius 1 is 1.45 bits per heavy atom. The van der Waals surface area contributed by atoms with Crippen molar-refractivity contribution in [3.05, 3.63) is 28.2 Å². The quantitative estimate of drug-likeness (QED) is 0.887. The maximum Gasteiger partial charge on any atom is 0.261 e. The molecule has 2 aromatic heterocycles. The van der Waals surface area contributed by atoms with E-state index in [1.807, 2.05) is 20.8 Å². The van der Waals surface area contributed by atoms with E-state index in [4.69, 9.17) is 4.42 Å². The molecule has 0 saturated heterocycles. The van der Waals surface area contributed by atoms with E-state index in [-0.39, 0.29) is 11.3 Å². The number of nitrogens with zero attached hydrogens (tertiary/aromatic N) is 2. The topological polar surface area (TPSA) is 88.3 Å². The van der Waals surface area contributed by atoms with E-state index < -0.39 is 6.10 Å². The molecule has 1 aliphatic rings. The highest BCUT2D eigenvalue weighted by molar-refractivity contribution is 7.15. The van der Waals surface area contributed by atoms with E-state index in [0.717, 1.165) is 17.8 Å². The molecule has 22 heavy (non-hydrogen) atoms. The van der Waals surface area contributed by atoms with Gasteiger partial charge in [0.05, 0.1) is 11.7 Å². The number of rotatable bonds is 2. The van der Waals surface area contributed by atoms with Gasteiger partial charge in [-0.15, -0.1) is 10.2 Å². The first kappa shape index (κ1) is 15.2.